The first-order valence-corrected chi connectivity index (χ1v) is 1.76. The molecule has 0 aliphatic carbocycles. The van der Waals surface area contributed by atoms with E-state index in [-0.39, 0.29) is 0 Å². The van der Waals surface area contributed by atoms with Crippen LogP contribution in [0.1, 0.15) is 0 Å². The number of hydrogen-bond donors (Lipinski definition) is 4. The molecule has 0 heterocycles. The molecular formula is C3H6N3O2+. The number of carbonyl (C=O) groups is 1. The molecular weight excluding hydrogens is 110 g/mol. The van der Waals surface area contributed by atoms with E-state index in [1.165, 1.54) is 0 Å². The van der Waals surface area contributed by atoms with Gasteiger partial charge in [0.05, 0.1) is 0 Å². The Balaban J connectivity index is 4.05. The fourth-order valence-corrected chi connectivity index (χ4v) is 0.115. The fourth-order valence-electron chi connectivity index (χ4n) is 0.115. The molecule has 0 aliphatic rings. The van der Waals surface area contributed by atoms with E-state index in [4.69, 9.17) is 15.9 Å². The van der Waals surface area contributed by atoms with Gasteiger partial charge in [0.15, 0.2) is 5.84 Å². The van der Waals surface area contributed by atoms with Crippen molar-refractivity contribution in [1.82, 2.24) is 0 Å². The van der Waals surface area contributed by atoms with Gasteiger partial charge in [-0.2, -0.15) is 0 Å². The molecule has 5 heteroatoms. The smallest absolute Gasteiger partial charge is 0.404 e. The van der Waals surface area contributed by atoms with Crippen molar-refractivity contribution in [2.24, 2.45) is 5.73 Å². The second-order valence-electron chi connectivity index (χ2n) is 1.13. The van der Waals surface area contributed by atoms with Crippen molar-refractivity contribution < 1.29 is 15.3 Å². The maximum atomic E-state index is 9.76. The summed E-state index contributed by atoms with van der Waals surface area (Å²) in [7, 11) is 0. The lowest BCUT2D eigenvalue weighted by molar-refractivity contribution is -0.145. The van der Waals surface area contributed by atoms with E-state index in [9.17, 15) is 4.79 Å². The molecule has 0 amide bonds. The van der Waals surface area contributed by atoms with Gasteiger partial charge in [0.25, 0.3) is 0 Å². The SMILES string of the molecule is N=C(N)C(=[NH2+])C(=O)O. The minimum atomic E-state index is -1.36. The first kappa shape index (κ1) is 6.61. The molecule has 0 aromatic carbocycles. The summed E-state index contributed by atoms with van der Waals surface area (Å²) < 4.78 is 0. The summed E-state index contributed by atoms with van der Waals surface area (Å²) >= 11 is 0. The van der Waals surface area contributed by atoms with Crippen molar-refractivity contribution >= 4 is 17.5 Å². The normalized spacial score (nSPS) is 8.00. The van der Waals surface area contributed by atoms with Crippen molar-refractivity contribution in [2.75, 3.05) is 0 Å². The summed E-state index contributed by atoms with van der Waals surface area (Å²) in [5, 5.41) is 19.2. The molecule has 0 aromatic heterocycles. The highest BCUT2D eigenvalue weighted by atomic mass is 16.4. The summed E-state index contributed by atoms with van der Waals surface area (Å²) in [5.41, 5.74) is 4.06. The van der Waals surface area contributed by atoms with Gasteiger partial charge in [0.2, 0.25) is 0 Å². The monoisotopic (exact) mass is 116 g/mol. The van der Waals surface area contributed by atoms with E-state index in [0.29, 0.717) is 0 Å². The number of rotatable bonds is 2. The number of carboxylic acids is 1. The molecule has 0 spiro atoms. The van der Waals surface area contributed by atoms with Crippen LogP contribution in [-0.4, -0.2) is 22.6 Å². The second kappa shape index (κ2) is 2.06. The van der Waals surface area contributed by atoms with Crippen molar-refractivity contribution in [3.05, 3.63) is 0 Å². The van der Waals surface area contributed by atoms with Gasteiger partial charge in [-0.25, -0.2) is 10.2 Å². The van der Waals surface area contributed by atoms with Crippen LogP contribution in [0.15, 0.2) is 0 Å². The molecule has 0 bridgehead atoms. The van der Waals surface area contributed by atoms with E-state index in [0.717, 1.165) is 0 Å². The zero-order chi connectivity index (χ0) is 6.73. The number of aliphatic carboxylic acids is 1. The molecule has 44 valence electrons. The largest absolute Gasteiger partial charge is 0.473 e. The van der Waals surface area contributed by atoms with Crippen LogP contribution in [0, 0.1) is 5.41 Å². The average molecular weight is 116 g/mol. The minimum Gasteiger partial charge on any atom is -0.473 e. The van der Waals surface area contributed by atoms with Crippen molar-refractivity contribution in [1.29, 1.82) is 5.41 Å². The Morgan fingerprint density at radius 1 is 1.75 bits per heavy atom. The van der Waals surface area contributed by atoms with Gasteiger partial charge in [-0.05, 0) is 0 Å². The van der Waals surface area contributed by atoms with Gasteiger partial charge in [0.1, 0.15) is 0 Å². The topological polar surface area (TPSA) is 113 Å². The Hall–Kier alpha value is -1.39. The molecule has 6 N–H and O–H groups in total. The predicted molar refractivity (Wildman–Crippen MR) is 26.5 cm³/mol. The third-order valence-electron chi connectivity index (χ3n) is 0.521. The molecule has 0 radical (unpaired) electrons. The summed E-state index contributed by atoms with van der Waals surface area (Å²) in [5.74, 6) is -1.98. The molecule has 8 heavy (non-hydrogen) atoms. The van der Waals surface area contributed by atoms with Crippen LogP contribution >= 0.6 is 0 Å². The molecule has 0 fully saturated rings. The van der Waals surface area contributed by atoms with Crippen LogP contribution in [-0.2, 0) is 4.79 Å². The highest BCUT2D eigenvalue weighted by Gasteiger charge is 2.15. The molecule has 5 nitrogen and oxygen atoms in total. The van der Waals surface area contributed by atoms with Crippen LogP contribution in [0.3, 0.4) is 0 Å². The van der Waals surface area contributed by atoms with Crippen LogP contribution < -0.4 is 11.1 Å². The number of nitrogens with two attached hydrogens (primary N) is 2. The molecule has 0 aliphatic heterocycles. The Labute approximate surface area is 45.1 Å². The summed E-state index contributed by atoms with van der Waals surface area (Å²) in [6.45, 7) is 0. The van der Waals surface area contributed by atoms with Crippen LogP contribution in [0.5, 0.6) is 0 Å². The maximum absolute atomic E-state index is 9.76. The lowest BCUT2D eigenvalue weighted by atomic mass is 10.4. The summed E-state index contributed by atoms with van der Waals surface area (Å²) in [4.78, 5) is 9.76. The molecule has 0 rings (SSSR count). The van der Waals surface area contributed by atoms with Crippen LogP contribution in [0.2, 0.25) is 0 Å². The Kier molecular flexibility index (Phi) is 1.70. The third kappa shape index (κ3) is 1.38. The fraction of sp³-hybridized carbons (Fsp3) is 0. The van der Waals surface area contributed by atoms with E-state index in [1.54, 1.807) is 0 Å². The molecule has 0 unspecified atom stereocenters. The highest BCUT2D eigenvalue weighted by molar-refractivity contribution is 6.61. The van der Waals surface area contributed by atoms with Crippen molar-refractivity contribution in [3.8, 4) is 0 Å². The van der Waals surface area contributed by atoms with Gasteiger partial charge >= 0.3 is 11.7 Å². The van der Waals surface area contributed by atoms with Crippen molar-refractivity contribution in [2.45, 2.75) is 0 Å². The van der Waals surface area contributed by atoms with Crippen LogP contribution in [0.4, 0.5) is 0 Å². The van der Waals surface area contributed by atoms with Gasteiger partial charge in [-0.3, -0.25) is 5.41 Å². The van der Waals surface area contributed by atoms with Gasteiger partial charge < -0.3 is 10.8 Å². The van der Waals surface area contributed by atoms with E-state index < -0.39 is 17.5 Å². The molecule has 0 saturated heterocycles. The zero-order valence-electron chi connectivity index (χ0n) is 4.01. The number of carboxylic acid groups (broad SMARTS) is 1. The minimum absolute atomic E-state index is 0.613. The number of hydrogen-bond acceptors (Lipinski definition) is 2. The quantitative estimate of drug-likeness (QED) is 0.231. The number of nitrogens with one attached hydrogen (secondary N) is 1. The predicted octanol–water partition coefficient (Wildman–Crippen LogP) is -2.79. The van der Waals surface area contributed by atoms with E-state index in [1.807, 2.05) is 0 Å². The van der Waals surface area contributed by atoms with Gasteiger partial charge in [-0.15, -0.1) is 0 Å². The Bertz CT molecular complexity index is 135. The maximum Gasteiger partial charge on any atom is 0.404 e. The third-order valence-corrected chi connectivity index (χ3v) is 0.521. The van der Waals surface area contributed by atoms with Crippen molar-refractivity contribution in [3.63, 3.8) is 0 Å². The highest BCUT2D eigenvalue weighted by Crippen LogP contribution is 1.62. The van der Waals surface area contributed by atoms with E-state index >= 15 is 0 Å². The lowest BCUT2D eigenvalue weighted by Crippen LogP contribution is -2.52. The summed E-state index contributed by atoms with van der Waals surface area (Å²) in [6, 6.07) is 0. The Morgan fingerprint density at radius 3 is 2.12 bits per heavy atom. The van der Waals surface area contributed by atoms with Gasteiger partial charge in [-0.1, -0.05) is 0 Å². The average Bonchev–Trinajstić information content (AvgIpc) is 1.64. The standard InChI is InChI=1S/C3H5N3O2/c4-1(2(5)6)3(7)8/h4H,(H3,5,6)(H,7,8)/p+1. The molecule has 0 atom stereocenters. The summed E-state index contributed by atoms with van der Waals surface area (Å²) in [6.07, 6.45) is 0. The van der Waals surface area contributed by atoms with Crippen LogP contribution in [0.25, 0.3) is 0 Å². The van der Waals surface area contributed by atoms with Gasteiger partial charge in [0, 0.05) is 0 Å². The second-order valence-corrected chi connectivity index (χ2v) is 1.13. The first-order valence-electron chi connectivity index (χ1n) is 1.76. The molecule has 0 saturated carbocycles. The molecule has 0 aromatic rings. The lowest BCUT2D eigenvalue weighted by Gasteiger charge is -1.83. The first-order chi connectivity index (χ1) is 3.55. The van der Waals surface area contributed by atoms with E-state index in [2.05, 4.69) is 5.73 Å². The number of amidine groups is 1. The zero-order valence-corrected chi connectivity index (χ0v) is 4.01. The Morgan fingerprint density at radius 2 is 2.12 bits per heavy atom.